The van der Waals surface area contributed by atoms with Crippen LogP contribution in [-0.2, 0) is 28.6 Å². The first kappa shape index (κ1) is 63.1. The van der Waals surface area contributed by atoms with Gasteiger partial charge in [-0.15, -0.1) is 0 Å². The van der Waals surface area contributed by atoms with E-state index in [9.17, 15) is 14.4 Å². The summed E-state index contributed by atoms with van der Waals surface area (Å²) in [6.45, 7) is 6.52. The molecule has 0 aliphatic rings. The molecule has 1 atom stereocenters. The van der Waals surface area contributed by atoms with Crippen molar-refractivity contribution in [2.45, 2.75) is 290 Å². The Bertz CT molecular complexity index is 1200. The summed E-state index contributed by atoms with van der Waals surface area (Å²) >= 11 is 0. The third-order valence-corrected chi connectivity index (χ3v) is 12.3. The van der Waals surface area contributed by atoms with Gasteiger partial charge in [0.2, 0.25) is 0 Å². The van der Waals surface area contributed by atoms with Crippen molar-refractivity contribution in [1.82, 2.24) is 0 Å². The fourth-order valence-electron chi connectivity index (χ4n) is 8.04. The summed E-state index contributed by atoms with van der Waals surface area (Å²) in [6.07, 6.45) is 67.8. The maximum absolute atomic E-state index is 12.8. The zero-order valence-corrected chi connectivity index (χ0v) is 43.7. The lowest BCUT2D eigenvalue weighted by Crippen LogP contribution is -2.30. The molecule has 0 spiro atoms. The highest BCUT2D eigenvalue weighted by Crippen LogP contribution is 2.15. The summed E-state index contributed by atoms with van der Waals surface area (Å²) in [5.41, 5.74) is 0. The van der Waals surface area contributed by atoms with Crippen LogP contribution in [0.2, 0.25) is 0 Å². The van der Waals surface area contributed by atoms with E-state index in [1.165, 1.54) is 148 Å². The molecule has 0 aromatic heterocycles. The Kier molecular flexibility index (Phi) is 52.3. The van der Waals surface area contributed by atoms with Gasteiger partial charge < -0.3 is 14.2 Å². The standard InChI is InChI=1S/C60H106O6/c1-4-7-10-13-16-19-22-24-26-28-30-32-33-35-38-41-44-47-50-53-59(62)65-56-57(55-64-58(61)52-49-46-43-40-37-21-18-15-12-9-6-3)66-60(63)54-51-48-45-42-39-36-34-31-29-27-25-23-20-17-14-11-8-5-2/h7,10,16,19,24,26-27,29,31,34,57H,4-6,8-9,11-15,17-18,20-23,25,28,30,32-33,35-56H2,1-3H3/b10-7-,19-16-,26-24-,29-27-,34-31-. The molecule has 6 nitrogen and oxygen atoms in total. The minimum absolute atomic E-state index is 0.0799. The molecule has 6 heteroatoms. The normalized spacial score (nSPS) is 12.5. The van der Waals surface area contributed by atoms with Crippen molar-refractivity contribution in [2.75, 3.05) is 13.2 Å². The molecule has 382 valence electrons. The summed E-state index contributed by atoms with van der Waals surface area (Å²) in [5.74, 6) is -0.892. The van der Waals surface area contributed by atoms with Gasteiger partial charge in [-0.2, -0.15) is 0 Å². The van der Waals surface area contributed by atoms with Gasteiger partial charge in [0.1, 0.15) is 13.2 Å². The number of hydrogen-bond donors (Lipinski definition) is 0. The van der Waals surface area contributed by atoms with E-state index in [4.69, 9.17) is 14.2 Å². The Morgan fingerprint density at radius 1 is 0.333 bits per heavy atom. The molecule has 0 bridgehead atoms. The zero-order valence-electron chi connectivity index (χ0n) is 43.7. The zero-order chi connectivity index (χ0) is 47.9. The molecule has 0 saturated heterocycles. The summed E-state index contributed by atoms with van der Waals surface area (Å²) in [7, 11) is 0. The second-order valence-electron chi connectivity index (χ2n) is 18.9. The van der Waals surface area contributed by atoms with Crippen molar-refractivity contribution >= 4 is 17.9 Å². The van der Waals surface area contributed by atoms with Gasteiger partial charge >= 0.3 is 17.9 Å². The summed E-state index contributed by atoms with van der Waals surface area (Å²) < 4.78 is 16.8. The predicted octanol–water partition coefficient (Wildman–Crippen LogP) is 18.8. The van der Waals surface area contributed by atoms with E-state index in [1.54, 1.807) is 0 Å². The summed E-state index contributed by atoms with van der Waals surface area (Å²) in [6, 6.07) is 0. The van der Waals surface area contributed by atoms with E-state index in [2.05, 4.69) is 81.5 Å². The van der Waals surface area contributed by atoms with E-state index < -0.39 is 6.10 Å². The highest BCUT2D eigenvalue weighted by molar-refractivity contribution is 5.71. The fraction of sp³-hybridized carbons (Fsp3) is 0.783. The van der Waals surface area contributed by atoms with Gasteiger partial charge in [-0.3, -0.25) is 14.4 Å². The molecule has 0 aliphatic heterocycles. The molecule has 0 fully saturated rings. The molecule has 0 saturated carbocycles. The molecular formula is C60H106O6. The lowest BCUT2D eigenvalue weighted by Gasteiger charge is -2.18. The van der Waals surface area contributed by atoms with Gasteiger partial charge in [-0.1, -0.05) is 248 Å². The number of ether oxygens (including phenoxy) is 3. The van der Waals surface area contributed by atoms with Crippen LogP contribution in [0.25, 0.3) is 0 Å². The Morgan fingerprint density at radius 2 is 0.636 bits per heavy atom. The van der Waals surface area contributed by atoms with Crippen molar-refractivity contribution in [3.05, 3.63) is 60.8 Å². The van der Waals surface area contributed by atoms with Crippen molar-refractivity contribution in [3.63, 3.8) is 0 Å². The van der Waals surface area contributed by atoms with E-state index >= 15 is 0 Å². The molecule has 0 radical (unpaired) electrons. The molecule has 0 aliphatic carbocycles. The molecule has 0 amide bonds. The SMILES string of the molecule is CC/C=C\C/C=C\C/C=C\CCCCCCCCCCCC(=O)OCC(COC(=O)CCCCCCCCCCCCC)OC(=O)CCCCCCC/C=C\C=C/CCCCCCCCC. The van der Waals surface area contributed by atoms with E-state index in [-0.39, 0.29) is 31.1 Å². The number of hydrogen-bond acceptors (Lipinski definition) is 6. The Morgan fingerprint density at radius 3 is 1.02 bits per heavy atom. The lowest BCUT2D eigenvalue weighted by molar-refractivity contribution is -0.167. The molecule has 0 rings (SSSR count). The van der Waals surface area contributed by atoms with Crippen LogP contribution < -0.4 is 0 Å². The number of esters is 3. The highest BCUT2D eigenvalue weighted by Gasteiger charge is 2.19. The molecule has 1 unspecified atom stereocenters. The molecule has 0 N–H and O–H groups in total. The molecule has 0 aromatic carbocycles. The number of carbonyl (C=O) groups excluding carboxylic acids is 3. The lowest BCUT2D eigenvalue weighted by atomic mass is 10.1. The van der Waals surface area contributed by atoms with Crippen LogP contribution in [0.3, 0.4) is 0 Å². The Balaban J connectivity index is 4.36. The van der Waals surface area contributed by atoms with Gasteiger partial charge in [0, 0.05) is 19.3 Å². The van der Waals surface area contributed by atoms with E-state index in [0.29, 0.717) is 19.3 Å². The number of carbonyl (C=O) groups is 3. The number of allylic oxidation sites excluding steroid dienone is 10. The van der Waals surface area contributed by atoms with Crippen LogP contribution in [0, 0.1) is 0 Å². The highest BCUT2D eigenvalue weighted by atomic mass is 16.6. The number of rotatable bonds is 51. The predicted molar refractivity (Wildman–Crippen MR) is 284 cm³/mol. The van der Waals surface area contributed by atoms with Gasteiger partial charge in [0.15, 0.2) is 6.10 Å². The van der Waals surface area contributed by atoms with Crippen LogP contribution in [-0.4, -0.2) is 37.2 Å². The van der Waals surface area contributed by atoms with Gasteiger partial charge in [-0.25, -0.2) is 0 Å². The van der Waals surface area contributed by atoms with Crippen LogP contribution in [0.4, 0.5) is 0 Å². The van der Waals surface area contributed by atoms with Gasteiger partial charge in [0.05, 0.1) is 0 Å². The first-order valence-electron chi connectivity index (χ1n) is 28.3. The minimum atomic E-state index is -0.782. The Labute approximate surface area is 409 Å². The largest absolute Gasteiger partial charge is 0.462 e. The topological polar surface area (TPSA) is 78.9 Å². The third-order valence-electron chi connectivity index (χ3n) is 12.3. The van der Waals surface area contributed by atoms with Gasteiger partial charge in [0.25, 0.3) is 0 Å². The fourth-order valence-corrected chi connectivity index (χ4v) is 8.04. The van der Waals surface area contributed by atoms with Gasteiger partial charge in [-0.05, 0) is 77.0 Å². The van der Waals surface area contributed by atoms with Crippen molar-refractivity contribution in [1.29, 1.82) is 0 Å². The van der Waals surface area contributed by atoms with Crippen LogP contribution in [0.15, 0.2) is 60.8 Å². The van der Waals surface area contributed by atoms with E-state index in [1.807, 2.05) is 0 Å². The molecule has 66 heavy (non-hydrogen) atoms. The first-order chi connectivity index (χ1) is 32.5. The quantitative estimate of drug-likeness (QED) is 0.0199. The summed E-state index contributed by atoms with van der Waals surface area (Å²) in [5, 5.41) is 0. The first-order valence-corrected chi connectivity index (χ1v) is 28.3. The van der Waals surface area contributed by atoms with Crippen molar-refractivity contribution < 1.29 is 28.6 Å². The molecule has 0 aromatic rings. The molecule has 0 heterocycles. The van der Waals surface area contributed by atoms with E-state index in [0.717, 1.165) is 96.3 Å². The van der Waals surface area contributed by atoms with Crippen LogP contribution >= 0.6 is 0 Å². The second-order valence-corrected chi connectivity index (χ2v) is 18.9. The smallest absolute Gasteiger partial charge is 0.306 e. The average molecular weight is 924 g/mol. The monoisotopic (exact) mass is 923 g/mol. The average Bonchev–Trinajstić information content (AvgIpc) is 3.31. The molecular weight excluding hydrogens is 817 g/mol. The summed E-state index contributed by atoms with van der Waals surface area (Å²) in [4.78, 5) is 38.1. The van der Waals surface area contributed by atoms with Crippen LogP contribution in [0.1, 0.15) is 284 Å². The van der Waals surface area contributed by atoms with Crippen LogP contribution in [0.5, 0.6) is 0 Å². The minimum Gasteiger partial charge on any atom is -0.462 e. The second kappa shape index (κ2) is 54.7. The number of unbranched alkanes of at least 4 members (excludes halogenated alkanes) is 31. The maximum Gasteiger partial charge on any atom is 0.306 e. The third kappa shape index (κ3) is 52.1. The Hall–Kier alpha value is -2.89. The van der Waals surface area contributed by atoms with Crippen molar-refractivity contribution in [3.8, 4) is 0 Å². The maximum atomic E-state index is 12.8. The van der Waals surface area contributed by atoms with Crippen molar-refractivity contribution in [2.24, 2.45) is 0 Å².